The molecule has 1 amide bonds. The molecular formula is C12H16N6O3. The minimum Gasteiger partial charge on any atom is -0.476 e. The van der Waals surface area contributed by atoms with Crippen LogP contribution in [0.15, 0.2) is 12.4 Å². The number of imidazole rings is 1. The van der Waals surface area contributed by atoms with Crippen molar-refractivity contribution in [3.63, 3.8) is 0 Å². The van der Waals surface area contributed by atoms with Crippen LogP contribution in [-0.2, 0) is 18.4 Å². The molecule has 0 spiro atoms. The third-order valence-corrected chi connectivity index (χ3v) is 3.16. The summed E-state index contributed by atoms with van der Waals surface area (Å²) < 4.78 is 2.91. The first-order valence-corrected chi connectivity index (χ1v) is 6.34. The number of hydrogen-bond acceptors (Lipinski definition) is 5. The highest BCUT2D eigenvalue weighted by Gasteiger charge is 2.25. The molecule has 0 unspecified atom stereocenters. The van der Waals surface area contributed by atoms with Gasteiger partial charge in [0, 0.05) is 33.0 Å². The molecular weight excluding hydrogens is 276 g/mol. The Morgan fingerprint density at radius 2 is 2.14 bits per heavy atom. The minimum absolute atomic E-state index is 0.0905. The quantitative estimate of drug-likeness (QED) is 0.821. The van der Waals surface area contributed by atoms with Crippen molar-refractivity contribution in [3.8, 4) is 11.5 Å². The predicted molar refractivity (Wildman–Crippen MR) is 72.5 cm³/mol. The lowest BCUT2D eigenvalue weighted by Gasteiger charge is -2.15. The van der Waals surface area contributed by atoms with Gasteiger partial charge in [0.25, 0.3) is 0 Å². The molecule has 1 N–H and O–H groups in total. The summed E-state index contributed by atoms with van der Waals surface area (Å²) in [5, 5.41) is 16.6. The van der Waals surface area contributed by atoms with Gasteiger partial charge in [0.1, 0.15) is 12.2 Å². The number of nitrogens with zero attached hydrogens (tertiary/aromatic N) is 6. The van der Waals surface area contributed by atoms with E-state index in [-0.39, 0.29) is 23.8 Å². The van der Waals surface area contributed by atoms with Gasteiger partial charge in [0.05, 0.1) is 0 Å². The van der Waals surface area contributed by atoms with Crippen LogP contribution in [0.2, 0.25) is 0 Å². The molecule has 0 aliphatic carbocycles. The van der Waals surface area contributed by atoms with Gasteiger partial charge in [0.15, 0.2) is 5.82 Å². The lowest BCUT2D eigenvalue weighted by molar-refractivity contribution is -0.130. The second-order valence-electron chi connectivity index (χ2n) is 4.52. The van der Waals surface area contributed by atoms with Crippen molar-refractivity contribution in [2.45, 2.75) is 13.5 Å². The Balaban J connectivity index is 2.46. The van der Waals surface area contributed by atoms with Gasteiger partial charge in [0.2, 0.25) is 11.6 Å². The van der Waals surface area contributed by atoms with Gasteiger partial charge in [-0.15, -0.1) is 5.10 Å². The summed E-state index contributed by atoms with van der Waals surface area (Å²) in [6, 6.07) is 0. The van der Waals surface area contributed by atoms with Crippen LogP contribution in [0.4, 0.5) is 0 Å². The molecule has 0 aliphatic rings. The maximum absolute atomic E-state index is 12.0. The molecule has 0 aliphatic heterocycles. The van der Waals surface area contributed by atoms with E-state index in [9.17, 15) is 14.7 Å². The van der Waals surface area contributed by atoms with E-state index in [1.165, 1.54) is 15.8 Å². The lowest BCUT2D eigenvalue weighted by Crippen LogP contribution is -2.30. The highest BCUT2D eigenvalue weighted by atomic mass is 16.4. The highest BCUT2D eigenvalue weighted by molar-refractivity contribution is 5.92. The number of aryl methyl sites for hydroxylation is 1. The first-order valence-electron chi connectivity index (χ1n) is 6.34. The van der Waals surface area contributed by atoms with Gasteiger partial charge >= 0.3 is 5.97 Å². The third kappa shape index (κ3) is 2.76. The van der Waals surface area contributed by atoms with Crippen LogP contribution in [-0.4, -0.2) is 60.0 Å². The molecule has 0 radical (unpaired) electrons. The summed E-state index contributed by atoms with van der Waals surface area (Å²) in [6.07, 6.45) is 3.22. The van der Waals surface area contributed by atoms with Crippen LogP contribution >= 0.6 is 0 Å². The Hall–Kier alpha value is -2.71. The lowest BCUT2D eigenvalue weighted by atomic mass is 10.3. The zero-order valence-electron chi connectivity index (χ0n) is 12.0. The number of amides is 1. The average molecular weight is 292 g/mol. The Bertz CT molecular complexity index is 674. The first kappa shape index (κ1) is 14.7. The molecule has 0 bridgehead atoms. The Morgan fingerprint density at radius 1 is 1.43 bits per heavy atom. The van der Waals surface area contributed by atoms with Crippen LogP contribution in [0, 0.1) is 0 Å². The average Bonchev–Trinajstić information content (AvgIpc) is 3.03. The number of rotatable bonds is 5. The van der Waals surface area contributed by atoms with E-state index < -0.39 is 5.97 Å². The van der Waals surface area contributed by atoms with Gasteiger partial charge in [-0.1, -0.05) is 5.21 Å². The molecule has 9 nitrogen and oxygen atoms in total. The molecule has 112 valence electrons. The fraction of sp³-hybridized carbons (Fsp3) is 0.417. The summed E-state index contributed by atoms with van der Waals surface area (Å²) in [5.41, 5.74) is -0.0101. The number of carbonyl (C=O) groups is 2. The molecule has 2 heterocycles. The van der Waals surface area contributed by atoms with E-state index in [2.05, 4.69) is 15.3 Å². The van der Waals surface area contributed by atoms with E-state index in [4.69, 9.17) is 0 Å². The zero-order chi connectivity index (χ0) is 15.6. The van der Waals surface area contributed by atoms with E-state index in [0.717, 1.165) is 0 Å². The van der Waals surface area contributed by atoms with E-state index in [1.54, 1.807) is 24.9 Å². The normalized spacial score (nSPS) is 10.6. The maximum atomic E-state index is 12.0. The van der Waals surface area contributed by atoms with Crippen molar-refractivity contribution in [3.05, 3.63) is 18.1 Å². The summed E-state index contributed by atoms with van der Waals surface area (Å²) in [5.74, 6) is -1.00. The standard InChI is InChI=1S/C12H16N6O3/c1-4-16(2)8(19)7-18-10(9(12(20)21)14-15-18)11-13-5-6-17(11)3/h5-6H,4,7H2,1-3H3,(H,20,21). The van der Waals surface area contributed by atoms with Crippen molar-refractivity contribution >= 4 is 11.9 Å². The van der Waals surface area contributed by atoms with Crippen LogP contribution in [0.25, 0.3) is 11.5 Å². The summed E-state index contributed by atoms with van der Waals surface area (Å²) in [7, 11) is 3.39. The molecule has 0 saturated heterocycles. The fourth-order valence-electron chi connectivity index (χ4n) is 1.81. The smallest absolute Gasteiger partial charge is 0.358 e. The second-order valence-corrected chi connectivity index (χ2v) is 4.52. The van der Waals surface area contributed by atoms with Gasteiger partial charge in [-0.2, -0.15) is 0 Å². The molecule has 2 aromatic heterocycles. The number of carboxylic acid groups (broad SMARTS) is 1. The molecule has 2 aromatic rings. The molecule has 9 heteroatoms. The molecule has 0 atom stereocenters. The van der Waals surface area contributed by atoms with Gasteiger partial charge < -0.3 is 14.6 Å². The SMILES string of the molecule is CCN(C)C(=O)Cn1nnc(C(=O)O)c1-c1nccn1C. The fourth-order valence-corrected chi connectivity index (χ4v) is 1.81. The van der Waals surface area contributed by atoms with Crippen molar-refractivity contribution in [2.24, 2.45) is 7.05 Å². The highest BCUT2D eigenvalue weighted by Crippen LogP contribution is 2.20. The van der Waals surface area contributed by atoms with Crippen molar-refractivity contribution in [1.29, 1.82) is 0 Å². The maximum Gasteiger partial charge on any atom is 0.358 e. The molecule has 0 fully saturated rings. The largest absolute Gasteiger partial charge is 0.476 e. The van der Waals surface area contributed by atoms with Crippen molar-refractivity contribution in [1.82, 2.24) is 29.4 Å². The number of hydrogen-bond donors (Lipinski definition) is 1. The van der Waals surface area contributed by atoms with Crippen LogP contribution in [0.5, 0.6) is 0 Å². The van der Waals surface area contributed by atoms with Gasteiger partial charge in [-0.05, 0) is 6.92 Å². The summed E-state index contributed by atoms with van der Waals surface area (Å²) in [6.45, 7) is 2.31. The predicted octanol–water partition coefficient (Wildman–Crippen LogP) is -0.145. The zero-order valence-corrected chi connectivity index (χ0v) is 12.0. The number of likely N-dealkylation sites (N-methyl/N-ethyl adjacent to an activating group) is 1. The monoisotopic (exact) mass is 292 g/mol. The molecule has 2 rings (SSSR count). The van der Waals surface area contributed by atoms with E-state index >= 15 is 0 Å². The number of carboxylic acids is 1. The molecule has 21 heavy (non-hydrogen) atoms. The van der Waals surface area contributed by atoms with E-state index in [1.807, 2.05) is 6.92 Å². The number of aromatic carboxylic acids is 1. The minimum atomic E-state index is -1.21. The Kier molecular flexibility index (Phi) is 4.01. The van der Waals surface area contributed by atoms with Crippen LogP contribution in [0.1, 0.15) is 17.4 Å². The number of aromatic nitrogens is 5. The summed E-state index contributed by atoms with van der Waals surface area (Å²) >= 11 is 0. The van der Waals surface area contributed by atoms with Crippen LogP contribution < -0.4 is 0 Å². The Labute approximate surface area is 120 Å². The van der Waals surface area contributed by atoms with E-state index in [0.29, 0.717) is 12.4 Å². The van der Waals surface area contributed by atoms with Crippen molar-refractivity contribution < 1.29 is 14.7 Å². The third-order valence-electron chi connectivity index (χ3n) is 3.16. The van der Waals surface area contributed by atoms with Crippen LogP contribution in [0.3, 0.4) is 0 Å². The molecule has 0 saturated carbocycles. The topological polar surface area (TPSA) is 106 Å². The second kappa shape index (κ2) is 5.73. The summed E-state index contributed by atoms with van der Waals surface area (Å²) in [4.78, 5) is 28.9. The van der Waals surface area contributed by atoms with Gasteiger partial charge in [-0.3, -0.25) is 4.79 Å². The van der Waals surface area contributed by atoms with Crippen molar-refractivity contribution in [2.75, 3.05) is 13.6 Å². The van der Waals surface area contributed by atoms with Gasteiger partial charge in [-0.25, -0.2) is 14.5 Å². The number of carbonyl (C=O) groups excluding carboxylic acids is 1. The Morgan fingerprint density at radius 3 is 2.67 bits per heavy atom. The molecule has 0 aromatic carbocycles. The first-order chi connectivity index (χ1) is 9.95.